The van der Waals surface area contributed by atoms with E-state index in [-0.39, 0.29) is 41.3 Å². The van der Waals surface area contributed by atoms with Crippen molar-refractivity contribution in [1.82, 2.24) is 4.98 Å². The normalized spacial score (nSPS) is 10.4. The van der Waals surface area contributed by atoms with Crippen molar-refractivity contribution in [3.63, 3.8) is 0 Å². The van der Waals surface area contributed by atoms with Gasteiger partial charge in [0.1, 0.15) is 0 Å². The number of carbonyl (C=O) groups is 3. The molecule has 3 N–H and O–H groups in total. The van der Waals surface area contributed by atoms with E-state index in [4.69, 9.17) is 9.84 Å². The second-order valence-corrected chi connectivity index (χ2v) is 6.25. The van der Waals surface area contributed by atoms with Crippen LogP contribution in [-0.2, 0) is 9.47 Å². The molecule has 0 aliphatic carbocycles. The first-order valence-corrected chi connectivity index (χ1v) is 8.82. The molecule has 0 spiro atoms. The number of aliphatic hydroxyl groups excluding tert-OH is 1. The summed E-state index contributed by atoms with van der Waals surface area (Å²) in [6, 6.07) is 3.53. The van der Waals surface area contributed by atoms with E-state index in [0.717, 1.165) is 6.07 Å². The van der Waals surface area contributed by atoms with Gasteiger partial charge in [0, 0.05) is 30.1 Å². The topological polar surface area (TPSA) is 161 Å². The van der Waals surface area contributed by atoms with E-state index in [1.165, 1.54) is 19.2 Å². The van der Waals surface area contributed by atoms with E-state index >= 15 is 0 Å². The van der Waals surface area contributed by atoms with Crippen LogP contribution in [0.3, 0.4) is 0 Å². The van der Waals surface area contributed by atoms with Gasteiger partial charge in [0.05, 0.1) is 35.5 Å². The smallest absolute Gasteiger partial charge is 0.340 e. The molecule has 0 unspecified atom stereocenters. The molecule has 2 rings (SSSR count). The summed E-state index contributed by atoms with van der Waals surface area (Å²) in [7, 11) is 1.22. The van der Waals surface area contributed by atoms with E-state index < -0.39 is 29.3 Å². The van der Waals surface area contributed by atoms with Gasteiger partial charge in [-0.05, 0) is 25.5 Å². The van der Waals surface area contributed by atoms with Gasteiger partial charge in [-0.25, -0.2) is 9.59 Å². The molecule has 0 saturated carbocycles. The highest BCUT2D eigenvalue weighted by atomic mass is 16.6. The number of non-ortho nitro benzene ring substituents is 1. The number of rotatable bonds is 9. The Balaban J connectivity index is 2.21. The lowest BCUT2D eigenvalue weighted by atomic mass is 10.1. The van der Waals surface area contributed by atoms with Crippen molar-refractivity contribution in [1.29, 1.82) is 0 Å². The number of aromatic nitrogens is 1. The molecule has 0 fully saturated rings. The number of hydrogen-bond donors (Lipinski definition) is 3. The largest absolute Gasteiger partial charge is 0.465 e. The predicted octanol–water partition coefficient (Wildman–Crippen LogP) is 1.77. The van der Waals surface area contributed by atoms with Crippen LogP contribution in [0.1, 0.15) is 42.5 Å². The van der Waals surface area contributed by atoms with Gasteiger partial charge in [-0.15, -0.1) is 0 Å². The summed E-state index contributed by atoms with van der Waals surface area (Å²) in [5.41, 5.74) is 0.845. The molecule has 11 nitrogen and oxygen atoms in total. The molecule has 0 bridgehead atoms. The molecule has 1 aromatic heterocycles. The van der Waals surface area contributed by atoms with Crippen LogP contribution < -0.4 is 5.32 Å². The minimum absolute atomic E-state index is 0.0957. The van der Waals surface area contributed by atoms with Crippen LogP contribution in [0, 0.1) is 24.0 Å². The van der Waals surface area contributed by atoms with Gasteiger partial charge >= 0.3 is 11.9 Å². The molecule has 0 atom stereocenters. The number of Topliss-reactive ketones (excluding diaryl/α,β-unsaturated/α-hetero) is 1. The Hall–Kier alpha value is -3.73. The van der Waals surface area contributed by atoms with Crippen LogP contribution in [-0.4, -0.2) is 59.6 Å². The van der Waals surface area contributed by atoms with Crippen molar-refractivity contribution in [2.75, 3.05) is 32.2 Å². The number of esters is 2. The average Bonchev–Trinajstić information content (AvgIpc) is 3.03. The lowest BCUT2D eigenvalue weighted by Gasteiger charge is -2.11. The third-order valence-corrected chi connectivity index (χ3v) is 4.30. The first kappa shape index (κ1) is 22.6. The number of aryl methyl sites for hydroxylation is 1. The first-order chi connectivity index (χ1) is 14.2. The second-order valence-electron chi connectivity index (χ2n) is 6.25. The SMILES string of the molecule is COC(=O)c1c(C)[nH]c(C(=O)COC(=O)c2cc([N+](=O)[O-])ccc2NCCO)c1C. The van der Waals surface area contributed by atoms with E-state index in [2.05, 4.69) is 15.0 Å². The molecule has 0 saturated heterocycles. The number of nitrogens with one attached hydrogen (secondary N) is 2. The van der Waals surface area contributed by atoms with Gasteiger partial charge in [0.15, 0.2) is 6.61 Å². The highest BCUT2D eigenvalue weighted by Crippen LogP contribution is 2.24. The summed E-state index contributed by atoms with van der Waals surface area (Å²) in [5, 5.41) is 22.7. The Morgan fingerprint density at radius 1 is 1.23 bits per heavy atom. The van der Waals surface area contributed by atoms with Crippen LogP contribution in [0.4, 0.5) is 11.4 Å². The number of nitro groups is 1. The van der Waals surface area contributed by atoms with Crippen LogP contribution in [0.25, 0.3) is 0 Å². The van der Waals surface area contributed by atoms with Gasteiger partial charge in [-0.3, -0.25) is 14.9 Å². The predicted molar refractivity (Wildman–Crippen MR) is 105 cm³/mol. The molecule has 30 heavy (non-hydrogen) atoms. The zero-order valence-electron chi connectivity index (χ0n) is 16.6. The van der Waals surface area contributed by atoms with Gasteiger partial charge in [0.25, 0.3) is 5.69 Å². The fourth-order valence-corrected chi connectivity index (χ4v) is 2.88. The minimum Gasteiger partial charge on any atom is -0.465 e. The molecule has 0 aliphatic rings. The highest BCUT2D eigenvalue weighted by molar-refractivity contribution is 6.03. The summed E-state index contributed by atoms with van der Waals surface area (Å²) in [4.78, 5) is 49.9. The maximum absolute atomic E-state index is 12.5. The summed E-state index contributed by atoms with van der Waals surface area (Å²) >= 11 is 0. The monoisotopic (exact) mass is 419 g/mol. The van der Waals surface area contributed by atoms with Crippen molar-refractivity contribution in [3.05, 3.63) is 56.4 Å². The summed E-state index contributed by atoms with van der Waals surface area (Å²) in [6.07, 6.45) is 0. The van der Waals surface area contributed by atoms with Crippen LogP contribution in [0.15, 0.2) is 18.2 Å². The summed E-state index contributed by atoms with van der Waals surface area (Å²) in [6.45, 7) is 2.39. The fourth-order valence-electron chi connectivity index (χ4n) is 2.88. The van der Waals surface area contributed by atoms with Crippen molar-refractivity contribution in [3.8, 4) is 0 Å². The number of anilines is 1. The Morgan fingerprint density at radius 3 is 2.53 bits per heavy atom. The molecule has 1 aromatic carbocycles. The molecule has 0 radical (unpaired) electrons. The number of hydrogen-bond acceptors (Lipinski definition) is 9. The lowest BCUT2D eigenvalue weighted by Crippen LogP contribution is -2.17. The number of ether oxygens (including phenoxy) is 2. The Labute approximate surface area is 171 Å². The maximum atomic E-state index is 12.5. The number of benzene rings is 1. The first-order valence-electron chi connectivity index (χ1n) is 8.82. The quantitative estimate of drug-likeness (QED) is 0.238. The molecule has 11 heteroatoms. The third kappa shape index (κ3) is 4.81. The number of aliphatic hydroxyl groups is 1. The molecular weight excluding hydrogens is 398 g/mol. The summed E-state index contributed by atoms with van der Waals surface area (Å²) in [5.74, 6) is -2.15. The van der Waals surface area contributed by atoms with Gasteiger partial charge in [0.2, 0.25) is 5.78 Å². The van der Waals surface area contributed by atoms with E-state index in [9.17, 15) is 24.5 Å². The number of aromatic amines is 1. The Bertz CT molecular complexity index is 996. The molecule has 160 valence electrons. The number of H-pyrrole nitrogens is 1. The number of carbonyl (C=O) groups excluding carboxylic acids is 3. The third-order valence-electron chi connectivity index (χ3n) is 4.30. The van der Waals surface area contributed by atoms with Gasteiger partial charge in [-0.2, -0.15) is 0 Å². The van der Waals surface area contributed by atoms with Crippen molar-refractivity contribution < 1.29 is 33.9 Å². The van der Waals surface area contributed by atoms with E-state index in [0.29, 0.717) is 11.3 Å². The van der Waals surface area contributed by atoms with Crippen molar-refractivity contribution >= 4 is 29.1 Å². The zero-order valence-corrected chi connectivity index (χ0v) is 16.6. The van der Waals surface area contributed by atoms with Crippen LogP contribution in [0.5, 0.6) is 0 Å². The van der Waals surface area contributed by atoms with Gasteiger partial charge in [-0.1, -0.05) is 0 Å². The highest BCUT2D eigenvalue weighted by Gasteiger charge is 2.24. The average molecular weight is 419 g/mol. The Morgan fingerprint density at radius 2 is 1.93 bits per heavy atom. The number of nitro benzene ring substituents is 1. The minimum atomic E-state index is -0.957. The number of nitrogens with zero attached hydrogens (tertiary/aromatic N) is 1. The molecule has 1 heterocycles. The number of ketones is 1. The Kier molecular flexibility index (Phi) is 7.26. The van der Waals surface area contributed by atoms with Crippen molar-refractivity contribution in [2.45, 2.75) is 13.8 Å². The molecule has 0 aliphatic heterocycles. The number of methoxy groups -OCH3 is 1. The zero-order chi connectivity index (χ0) is 22.4. The fraction of sp³-hybridized carbons (Fsp3) is 0.316. The van der Waals surface area contributed by atoms with Crippen LogP contribution in [0.2, 0.25) is 0 Å². The second kappa shape index (κ2) is 9.65. The molecular formula is C19H21N3O8. The van der Waals surface area contributed by atoms with E-state index in [1.54, 1.807) is 13.8 Å². The van der Waals surface area contributed by atoms with Crippen LogP contribution >= 0.6 is 0 Å². The van der Waals surface area contributed by atoms with Gasteiger partial charge < -0.3 is 24.9 Å². The van der Waals surface area contributed by atoms with E-state index in [1.807, 2.05) is 0 Å². The molecule has 0 amide bonds. The van der Waals surface area contributed by atoms with Crippen molar-refractivity contribution in [2.24, 2.45) is 0 Å². The standard InChI is InChI=1S/C19H21N3O8/c1-10-16(19(26)29-3)11(2)21-17(10)15(24)9-30-18(25)13-8-12(22(27)28)4-5-14(13)20-6-7-23/h4-5,8,20-21,23H,6-7,9H2,1-3H3. The summed E-state index contributed by atoms with van der Waals surface area (Å²) < 4.78 is 9.73. The molecule has 2 aromatic rings. The lowest BCUT2D eigenvalue weighted by molar-refractivity contribution is -0.384. The maximum Gasteiger partial charge on any atom is 0.340 e.